The number of allylic oxidation sites excluding steroid dienone is 1. The summed E-state index contributed by atoms with van der Waals surface area (Å²) in [6.45, 7) is 22.7. The number of hydrogen-bond acceptors (Lipinski definition) is 2. The summed E-state index contributed by atoms with van der Waals surface area (Å²) in [5.41, 5.74) is 0.0251. The van der Waals surface area contributed by atoms with E-state index in [0.29, 0.717) is 3.92 Å². The van der Waals surface area contributed by atoms with Crippen molar-refractivity contribution in [1.29, 1.82) is 0 Å². The number of hydrogen-bond donors (Lipinski definition) is 0. The smallest absolute Gasteiger partial charge is 0.241 e. The van der Waals surface area contributed by atoms with E-state index in [-0.39, 0.29) is 16.9 Å². The molecule has 0 saturated heterocycles. The molecule has 1 aliphatic carbocycles. The van der Waals surface area contributed by atoms with Gasteiger partial charge >= 0.3 is 0 Å². The van der Waals surface area contributed by atoms with Crippen molar-refractivity contribution >= 4 is 39.2 Å². The molecule has 0 aromatic rings. The van der Waals surface area contributed by atoms with Crippen molar-refractivity contribution in [3.63, 3.8) is 0 Å². The molecule has 2 nitrogen and oxygen atoms in total. The normalized spacial score (nSPS) is 29.0. The maximum Gasteiger partial charge on any atom is 0.241 e. The van der Waals surface area contributed by atoms with E-state index in [0.717, 1.165) is 5.76 Å². The second-order valence-electron chi connectivity index (χ2n) is 9.32. The quantitative estimate of drug-likeness (QED) is 0.312. The van der Waals surface area contributed by atoms with Gasteiger partial charge in [-0.05, 0) is 45.4 Å². The van der Waals surface area contributed by atoms with Gasteiger partial charge in [-0.1, -0.05) is 50.3 Å². The first-order valence-electron chi connectivity index (χ1n) is 7.80. The molecular formula is C16H33IO2Si2. The van der Waals surface area contributed by atoms with Crippen molar-refractivity contribution in [2.75, 3.05) is 0 Å². The minimum absolute atomic E-state index is 0.0675. The molecule has 0 amide bonds. The van der Waals surface area contributed by atoms with Crippen LogP contribution in [-0.2, 0) is 8.85 Å². The van der Waals surface area contributed by atoms with E-state index in [9.17, 15) is 0 Å². The fourth-order valence-electron chi connectivity index (χ4n) is 2.58. The first kappa shape index (κ1) is 19.7. The Labute approximate surface area is 147 Å². The molecule has 0 unspecified atom stereocenters. The van der Waals surface area contributed by atoms with Crippen molar-refractivity contribution in [3.8, 4) is 0 Å². The van der Waals surface area contributed by atoms with Crippen molar-refractivity contribution < 1.29 is 8.85 Å². The summed E-state index contributed by atoms with van der Waals surface area (Å²) in [6.07, 6.45) is 2.56. The van der Waals surface area contributed by atoms with E-state index < -0.39 is 16.6 Å². The van der Waals surface area contributed by atoms with Gasteiger partial charge < -0.3 is 8.85 Å². The SMILES string of the molecule is CC1(C)C=C(O[Si](C)(C)C)C(C)(C)[C@H](O[Si](C)(C)C)[C@H]1I. The highest BCUT2D eigenvalue weighted by Gasteiger charge is 2.51. The molecule has 0 spiro atoms. The second kappa shape index (κ2) is 5.94. The fraction of sp³-hybridized carbons (Fsp3) is 0.875. The maximum absolute atomic E-state index is 6.61. The lowest BCUT2D eigenvalue weighted by Gasteiger charge is -2.51. The first-order chi connectivity index (χ1) is 9.06. The highest BCUT2D eigenvalue weighted by molar-refractivity contribution is 14.1. The van der Waals surface area contributed by atoms with Crippen LogP contribution in [0.15, 0.2) is 11.8 Å². The Morgan fingerprint density at radius 1 is 0.952 bits per heavy atom. The Morgan fingerprint density at radius 3 is 1.81 bits per heavy atom. The summed E-state index contributed by atoms with van der Waals surface area (Å²) in [4.78, 5) is 0. The predicted octanol–water partition coefficient (Wildman–Crippen LogP) is 5.81. The first-order valence-corrected chi connectivity index (χ1v) is 15.9. The molecule has 0 saturated carbocycles. The Hall–Kier alpha value is 0.664. The molecule has 0 heterocycles. The molecule has 124 valence electrons. The standard InChI is InChI=1S/C16H33IO2Si2/c1-15(2)11-12(18-20(5,6)7)16(3,4)14(13(15)17)19-21(8,9)10/h11,13-14H,1-10H3/t13-,14-/m1/s1. The Morgan fingerprint density at radius 2 is 1.43 bits per heavy atom. The topological polar surface area (TPSA) is 18.5 Å². The molecule has 0 aliphatic heterocycles. The molecule has 0 bridgehead atoms. The van der Waals surface area contributed by atoms with Gasteiger partial charge in [0.15, 0.2) is 8.32 Å². The fourth-order valence-corrected chi connectivity index (χ4v) is 6.26. The second-order valence-corrected chi connectivity index (χ2v) is 19.5. The molecule has 2 atom stereocenters. The number of alkyl halides is 1. The van der Waals surface area contributed by atoms with Crippen LogP contribution in [-0.4, -0.2) is 26.7 Å². The lowest BCUT2D eigenvalue weighted by Crippen LogP contribution is -2.54. The Balaban J connectivity index is 3.26. The van der Waals surface area contributed by atoms with Gasteiger partial charge in [-0.2, -0.15) is 0 Å². The molecule has 1 rings (SSSR count). The third-order valence-corrected chi connectivity index (χ3v) is 7.77. The van der Waals surface area contributed by atoms with E-state index in [1.165, 1.54) is 0 Å². The van der Waals surface area contributed by atoms with Gasteiger partial charge in [0.25, 0.3) is 0 Å². The minimum atomic E-state index is -1.62. The van der Waals surface area contributed by atoms with Crippen LogP contribution in [0, 0.1) is 10.8 Å². The zero-order chi connectivity index (χ0) is 16.9. The van der Waals surface area contributed by atoms with Gasteiger partial charge in [0, 0.05) is 14.8 Å². The van der Waals surface area contributed by atoms with Crippen LogP contribution in [0.4, 0.5) is 0 Å². The molecule has 0 aromatic heterocycles. The van der Waals surface area contributed by atoms with Crippen LogP contribution in [0.5, 0.6) is 0 Å². The van der Waals surface area contributed by atoms with Crippen molar-refractivity contribution in [2.45, 2.75) is 77.0 Å². The number of rotatable bonds is 4. The lowest BCUT2D eigenvalue weighted by molar-refractivity contribution is 0.0316. The summed E-state index contributed by atoms with van der Waals surface area (Å²) in [5, 5.41) is 0. The van der Waals surface area contributed by atoms with E-state index in [1.807, 2.05) is 0 Å². The van der Waals surface area contributed by atoms with Crippen molar-refractivity contribution in [2.24, 2.45) is 10.8 Å². The molecular weight excluding hydrogens is 407 g/mol. The van der Waals surface area contributed by atoms with Gasteiger partial charge in [0.2, 0.25) is 8.32 Å². The van der Waals surface area contributed by atoms with Gasteiger partial charge in [-0.3, -0.25) is 0 Å². The summed E-state index contributed by atoms with van der Waals surface area (Å²) >= 11 is 2.58. The molecule has 0 N–H and O–H groups in total. The summed E-state index contributed by atoms with van der Waals surface area (Å²) < 4.78 is 13.5. The van der Waals surface area contributed by atoms with E-state index in [4.69, 9.17) is 8.85 Å². The highest BCUT2D eigenvalue weighted by Crippen LogP contribution is 2.50. The van der Waals surface area contributed by atoms with Gasteiger partial charge in [0.1, 0.15) is 0 Å². The molecule has 0 fully saturated rings. The maximum atomic E-state index is 6.61. The van der Waals surface area contributed by atoms with Crippen LogP contribution in [0.2, 0.25) is 39.3 Å². The zero-order valence-electron chi connectivity index (χ0n) is 15.4. The molecule has 21 heavy (non-hydrogen) atoms. The minimum Gasteiger partial charge on any atom is -0.547 e. The van der Waals surface area contributed by atoms with E-state index in [1.54, 1.807) is 0 Å². The predicted molar refractivity (Wildman–Crippen MR) is 106 cm³/mol. The van der Waals surface area contributed by atoms with Gasteiger partial charge in [0.05, 0.1) is 11.9 Å². The van der Waals surface area contributed by atoms with Crippen molar-refractivity contribution in [3.05, 3.63) is 11.8 Å². The summed E-state index contributed by atoms with van der Waals surface area (Å²) in [7, 11) is -3.22. The molecule has 1 aliphatic rings. The highest BCUT2D eigenvalue weighted by atomic mass is 127. The van der Waals surface area contributed by atoms with Crippen LogP contribution < -0.4 is 0 Å². The Kier molecular flexibility index (Phi) is 5.58. The lowest BCUT2D eigenvalue weighted by atomic mass is 9.69. The third kappa shape index (κ3) is 5.07. The zero-order valence-corrected chi connectivity index (χ0v) is 19.6. The molecule has 0 aromatic carbocycles. The van der Waals surface area contributed by atoms with Gasteiger partial charge in [-0.15, -0.1) is 0 Å². The molecule has 0 radical (unpaired) electrons. The Bertz CT molecular complexity index is 417. The average Bonchev–Trinajstić information content (AvgIpc) is 2.18. The average molecular weight is 441 g/mol. The monoisotopic (exact) mass is 440 g/mol. The summed E-state index contributed by atoms with van der Waals surface area (Å²) in [6, 6.07) is 0. The van der Waals surface area contributed by atoms with Crippen LogP contribution in [0.3, 0.4) is 0 Å². The largest absolute Gasteiger partial charge is 0.547 e. The third-order valence-electron chi connectivity index (χ3n) is 3.72. The van der Waals surface area contributed by atoms with Crippen LogP contribution in [0.1, 0.15) is 27.7 Å². The summed E-state index contributed by atoms with van der Waals surface area (Å²) in [5.74, 6) is 1.14. The van der Waals surface area contributed by atoms with E-state index in [2.05, 4.69) is 95.6 Å². The number of halogens is 1. The van der Waals surface area contributed by atoms with Gasteiger partial charge in [-0.25, -0.2) is 0 Å². The van der Waals surface area contributed by atoms with Crippen LogP contribution >= 0.6 is 22.6 Å². The molecule has 5 heteroatoms. The van der Waals surface area contributed by atoms with Crippen LogP contribution in [0.25, 0.3) is 0 Å². The van der Waals surface area contributed by atoms with Crippen molar-refractivity contribution in [1.82, 2.24) is 0 Å². The van der Waals surface area contributed by atoms with E-state index >= 15 is 0 Å².